The molecule has 1 N–H and O–H groups in total. The zero-order valence-electron chi connectivity index (χ0n) is 22.0. The van der Waals surface area contributed by atoms with Crippen LogP contribution in [0, 0.1) is 5.41 Å². The van der Waals surface area contributed by atoms with Crippen molar-refractivity contribution in [3.05, 3.63) is 54.1 Å². The summed E-state index contributed by atoms with van der Waals surface area (Å²) in [6, 6.07) is 11.6. The average molecular weight is 521 g/mol. The van der Waals surface area contributed by atoms with Crippen molar-refractivity contribution >= 4 is 11.8 Å². The topological polar surface area (TPSA) is 111 Å². The highest BCUT2D eigenvalue weighted by Gasteiger charge is 2.42. The van der Waals surface area contributed by atoms with Crippen LogP contribution < -0.4 is 10.1 Å². The lowest BCUT2D eigenvalue weighted by Gasteiger charge is -2.41. The highest BCUT2D eigenvalue weighted by atomic mass is 16.5. The molecular formula is C29H36N4O5. The minimum Gasteiger partial charge on any atom is -0.491 e. The molecule has 1 aromatic carbocycles. The summed E-state index contributed by atoms with van der Waals surface area (Å²) < 4.78 is 16.6. The largest absolute Gasteiger partial charge is 0.491 e. The normalized spacial score (nSPS) is 20.1. The third kappa shape index (κ3) is 6.09. The van der Waals surface area contributed by atoms with Crippen LogP contribution >= 0.6 is 0 Å². The Labute approximate surface area is 222 Å². The molecule has 1 fully saturated rings. The number of rotatable bonds is 5. The van der Waals surface area contributed by atoms with Crippen LogP contribution in [0.25, 0.3) is 11.6 Å². The van der Waals surface area contributed by atoms with E-state index in [1.54, 1.807) is 18.4 Å². The van der Waals surface area contributed by atoms with E-state index in [-0.39, 0.29) is 17.9 Å². The number of hydrogen-bond acceptors (Lipinski definition) is 7. The first-order valence-corrected chi connectivity index (χ1v) is 13.7. The van der Waals surface area contributed by atoms with Crippen LogP contribution in [-0.2, 0) is 22.4 Å². The Kier molecular flexibility index (Phi) is 8.10. The number of amides is 2. The van der Waals surface area contributed by atoms with Crippen LogP contribution in [0.15, 0.2) is 51.6 Å². The van der Waals surface area contributed by atoms with E-state index >= 15 is 0 Å². The number of likely N-dealkylation sites (tertiary alicyclic amines) is 1. The van der Waals surface area contributed by atoms with Crippen LogP contribution in [0.1, 0.15) is 63.3 Å². The molecule has 4 heterocycles. The van der Waals surface area contributed by atoms with Gasteiger partial charge in [-0.25, -0.2) is 0 Å². The van der Waals surface area contributed by atoms with Gasteiger partial charge in [0.2, 0.25) is 23.5 Å². The Morgan fingerprint density at radius 2 is 1.97 bits per heavy atom. The third-order valence-electron chi connectivity index (χ3n) is 7.74. The number of para-hydroxylation sites is 1. The van der Waals surface area contributed by atoms with E-state index in [0.29, 0.717) is 69.3 Å². The summed E-state index contributed by atoms with van der Waals surface area (Å²) in [4.78, 5) is 32.6. The molecule has 2 aliphatic rings. The van der Waals surface area contributed by atoms with Crippen molar-refractivity contribution in [3.8, 4) is 17.3 Å². The van der Waals surface area contributed by atoms with Crippen LogP contribution in [0.4, 0.5) is 0 Å². The van der Waals surface area contributed by atoms with E-state index in [2.05, 4.69) is 21.5 Å². The quantitative estimate of drug-likeness (QED) is 0.525. The summed E-state index contributed by atoms with van der Waals surface area (Å²) >= 11 is 0. The van der Waals surface area contributed by atoms with Gasteiger partial charge in [0, 0.05) is 25.9 Å². The van der Waals surface area contributed by atoms with E-state index in [4.69, 9.17) is 13.7 Å². The standard InChI is InChI=1S/C29H36N4O5/c1-21-20-37-23-10-3-2-8-22(23)9-4-5-14-29(28(35)30-21)15-17-33(18-16-29)26(34)13-6-12-25-31-27(32-38-25)24-11-7-19-36-24/h2-3,7-8,10-11,19,21H,4-6,9,12-18,20H2,1H3,(H,30,35)/t21-/m0/s1. The van der Waals surface area contributed by atoms with Crippen LogP contribution in [0.3, 0.4) is 0 Å². The summed E-state index contributed by atoms with van der Waals surface area (Å²) in [5.74, 6) is 2.58. The molecule has 9 nitrogen and oxygen atoms in total. The molecule has 3 aromatic rings. The number of furan rings is 1. The van der Waals surface area contributed by atoms with E-state index in [9.17, 15) is 9.59 Å². The predicted molar refractivity (Wildman–Crippen MR) is 140 cm³/mol. The zero-order valence-corrected chi connectivity index (χ0v) is 22.0. The monoisotopic (exact) mass is 520 g/mol. The molecule has 2 amide bonds. The maximum absolute atomic E-state index is 13.5. The van der Waals surface area contributed by atoms with Gasteiger partial charge in [-0.3, -0.25) is 9.59 Å². The first-order chi connectivity index (χ1) is 18.5. The lowest BCUT2D eigenvalue weighted by Crippen LogP contribution is -2.52. The van der Waals surface area contributed by atoms with Crippen molar-refractivity contribution in [3.63, 3.8) is 0 Å². The minimum absolute atomic E-state index is 0.0930. The molecular weight excluding hydrogens is 484 g/mol. The first kappa shape index (κ1) is 26.0. The first-order valence-electron chi connectivity index (χ1n) is 13.7. The number of nitrogens with zero attached hydrogens (tertiary/aromatic N) is 3. The molecule has 2 aromatic heterocycles. The van der Waals surface area contributed by atoms with Gasteiger partial charge in [0.15, 0.2) is 5.76 Å². The number of carbonyl (C=O) groups is 2. The van der Waals surface area contributed by atoms with Gasteiger partial charge in [0.05, 0.1) is 17.7 Å². The lowest BCUT2D eigenvalue weighted by molar-refractivity contribution is -0.141. The number of aromatic nitrogens is 2. The molecule has 0 bridgehead atoms. The zero-order chi connectivity index (χ0) is 26.4. The number of carbonyl (C=O) groups excluding carboxylic acids is 2. The Hall–Kier alpha value is -3.62. The molecule has 1 saturated heterocycles. The molecule has 0 radical (unpaired) electrons. The summed E-state index contributed by atoms with van der Waals surface area (Å²) in [7, 11) is 0. The molecule has 9 heteroatoms. The van der Waals surface area contributed by atoms with Gasteiger partial charge in [0.1, 0.15) is 12.4 Å². The smallest absolute Gasteiger partial charge is 0.238 e. The van der Waals surface area contributed by atoms with Gasteiger partial charge in [-0.15, -0.1) is 0 Å². The van der Waals surface area contributed by atoms with Crippen LogP contribution in [0.2, 0.25) is 0 Å². The molecule has 0 saturated carbocycles. The summed E-state index contributed by atoms with van der Waals surface area (Å²) in [6.07, 6.45) is 8.25. The molecule has 38 heavy (non-hydrogen) atoms. The second-order valence-corrected chi connectivity index (χ2v) is 10.5. The highest BCUT2D eigenvalue weighted by Crippen LogP contribution is 2.38. The van der Waals surface area contributed by atoms with Crippen molar-refractivity contribution in [1.29, 1.82) is 0 Å². The minimum atomic E-state index is -0.435. The van der Waals surface area contributed by atoms with Crippen molar-refractivity contribution in [2.75, 3.05) is 19.7 Å². The average Bonchev–Trinajstić information content (AvgIpc) is 3.63. The number of ether oxygens (including phenoxy) is 1. The fraction of sp³-hybridized carbons (Fsp3) is 0.517. The molecule has 1 spiro atoms. The second kappa shape index (κ2) is 11.8. The number of aryl methyl sites for hydroxylation is 2. The number of hydrogen-bond donors (Lipinski definition) is 1. The van der Waals surface area contributed by atoms with Crippen molar-refractivity contribution in [1.82, 2.24) is 20.4 Å². The molecule has 202 valence electrons. The summed E-state index contributed by atoms with van der Waals surface area (Å²) in [5.41, 5.74) is 0.786. The second-order valence-electron chi connectivity index (χ2n) is 10.5. The van der Waals surface area contributed by atoms with E-state index in [1.807, 2.05) is 30.0 Å². The number of benzene rings is 1. The number of nitrogens with one attached hydrogen (secondary N) is 1. The molecule has 0 unspecified atom stereocenters. The van der Waals surface area contributed by atoms with E-state index in [0.717, 1.165) is 31.4 Å². The maximum Gasteiger partial charge on any atom is 0.238 e. The SMILES string of the molecule is C[C@H]1COc2ccccc2CCCCC2(CCN(C(=O)CCCc3nc(-c4ccco4)no3)CC2)C(=O)N1. The molecule has 2 aliphatic heterocycles. The Morgan fingerprint density at radius 1 is 1.13 bits per heavy atom. The fourth-order valence-electron chi connectivity index (χ4n) is 5.45. The summed E-state index contributed by atoms with van der Waals surface area (Å²) in [6.45, 7) is 3.62. The van der Waals surface area contributed by atoms with Gasteiger partial charge in [-0.05, 0) is 69.2 Å². The molecule has 0 aliphatic carbocycles. The summed E-state index contributed by atoms with van der Waals surface area (Å²) in [5, 5.41) is 7.14. The maximum atomic E-state index is 13.5. The Bertz CT molecular complexity index is 1210. The van der Waals surface area contributed by atoms with Crippen molar-refractivity contribution in [2.45, 2.75) is 70.8 Å². The molecule has 5 rings (SSSR count). The van der Waals surface area contributed by atoms with Gasteiger partial charge < -0.3 is 23.9 Å². The Balaban J connectivity index is 1.13. The Morgan fingerprint density at radius 3 is 2.79 bits per heavy atom. The van der Waals surface area contributed by atoms with Crippen LogP contribution in [-0.4, -0.2) is 52.6 Å². The van der Waals surface area contributed by atoms with Crippen molar-refractivity contribution in [2.24, 2.45) is 5.41 Å². The van der Waals surface area contributed by atoms with E-state index < -0.39 is 5.41 Å². The number of fused-ring (bicyclic) bond motifs is 1. The van der Waals surface area contributed by atoms with Gasteiger partial charge in [0.25, 0.3) is 0 Å². The predicted octanol–water partition coefficient (Wildman–Crippen LogP) is 4.57. The van der Waals surface area contributed by atoms with Crippen molar-refractivity contribution < 1.29 is 23.3 Å². The van der Waals surface area contributed by atoms with Gasteiger partial charge in [-0.1, -0.05) is 29.8 Å². The molecule has 1 atom stereocenters. The van der Waals surface area contributed by atoms with Gasteiger partial charge in [-0.2, -0.15) is 4.98 Å². The highest BCUT2D eigenvalue weighted by molar-refractivity contribution is 5.83. The van der Waals surface area contributed by atoms with E-state index in [1.165, 1.54) is 5.56 Å². The van der Waals surface area contributed by atoms with Crippen LogP contribution in [0.5, 0.6) is 5.75 Å². The lowest BCUT2D eigenvalue weighted by atomic mass is 9.73. The fourth-order valence-corrected chi connectivity index (χ4v) is 5.45. The van der Waals surface area contributed by atoms with Gasteiger partial charge >= 0.3 is 0 Å². The number of piperidine rings is 1. The third-order valence-corrected chi connectivity index (χ3v) is 7.74.